The largest absolute Gasteiger partial charge is 0.382 e. The topological polar surface area (TPSA) is 34.2 Å². The van der Waals surface area contributed by atoms with E-state index < -0.39 is 0 Å². The van der Waals surface area contributed by atoms with Crippen molar-refractivity contribution in [3.05, 3.63) is 29.3 Å². The minimum Gasteiger partial charge on any atom is -0.382 e. The highest BCUT2D eigenvalue weighted by Gasteiger charge is 2.15. The van der Waals surface area contributed by atoms with Crippen LogP contribution in [0.15, 0.2) is 24.3 Å². The lowest BCUT2D eigenvalue weighted by Gasteiger charge is -2.20. The normalized spacial score (nSPS) is 14.6. The molecule has 4 heteroatoms. The summed E-state index contributed by atoms with van der Waals surface area (Å²) in [5.74, 6) is 0. The first-order chi connectivity index (χ1) is 9.72. The molecule has 110 valence electrons. The standard InChI is InChI=1S/C16H24N2OS/c1-4-9-17-13(10-12(2)19-3)11-16-18-14-7-5-6-8-15(14)20-16/h5-8,12-13,17H,4,9-11H2,1-3H3. The number of hydrogen-bond donors (Lipinski definition) is 1. The first kappa shape index (κ1) is 15.4. The number of nitrogens with one attached hydrogen (secondary N) is 1. The van der Waals surface area contributed by atoms with E-state index in [1.54, 1.807) is 18.4 Å². The molecule has 0 aliphatic rings. The zero-order valence-corrected chi connectivity index (χ0v) is 13.4. The van der Waals surface area contributed by atoms with E-state index in [-0.39, 0.29) is 6.10 Å². The molecule has 3 nitrogen and oxygen atoms in total. The molecule has 0 saturated heterocycles. The second kappa shape index (κ2) is 7.72. The highest BCUT2D eigenvalue weighted by Crippen LogP contribution is 2.23. The van der Waals surface area contributed by atoms with Crippen LogP contribution in [-0.4, -0.2) is 30.8 Å². The Morgan fingerprint density at radius 1 is 1.35 bits per heavy atom. The van der Waals surface area contributed by atoms with Crippen LogP contribution in [-0.2, 0) is 11.2 Å². The first-order valence-electron chi connectivity index (χ1n) is 7.33. The summed E-state index contributed by atoms with van der Waals surface area (Å²) in [5, 5.41) is 4.83. The van der Waals surface area contributed by atoms with Crippen molar-refractivity contribution in [1.82, 2.24) is 10.3 Å². The van der Waals surface area contributed by atoms with Crippen LogP contribution in [0, 0.1) is 0 Å². The smallest absolute Gasteiger partial charge is 0.0954 e. The number of rotatable bonds is 8. The molecule has 0 saturated carbocycles. The van der Waals surface area contributed by atoms with E-state index in [1.165, 1.54) is 9.71 Å². The second-order valence-corrected chi connectivity index (χ2v) is 6.33. The van der Waals surface area contributed by atoms with Crippen molar-refractivity contribution < 1.29 is 4.74 Å². The molecule has 1 aromatic carbocycles. The van der Waals surface area contributed by atoms with Gasteiger partial charge in [-0.15, -0.1) is 11.3 Å². The Kier molecular flexibility index (Phi) is 5.95. The maximum atomic E-state index is 5.40. The van der Waals surface area contributed by atoms with Crippen molar-refractivity contribution in [1.29, 1.82) is 0 Å². The molecular weight excluding hydrogens is 268 g/mol. The molecule has 0 aliphatic carbocycles. The maximum Gasteiger partial charge on any atom is 0.0954 e. The monoisotopic (exact) mass is 292 g/mol. The number of nitrogens with zero attached hydrogens (tertiary/aromatic N) is 1. The summed E-state index contributed by atoms with van der Waals surface area (Å²) < 4.78 is 6.67. The van der Waals surface area contributed by atoms with Crippen molar-refractivity contribution in [2.24, 2.45) is 0 Å². The summed E-state index contributed by atoms with van der Waals surface area (Å²) >= 11 is 1.80. The van der Waals surface area contributed by atoms with E-state index in [4.69, 9.17) is 9.72 Å². The van der Waals surface area contributed by atoms with Crippen LogP contribution in [0.4, 0.5) is 0 Å². The number of para-hydroxylation sites is 1. The molecule has 0 fully saturated rings. The lowest BCUT2D eigenvalue weighted by molar-refractivity contribution is 0.100. The highest BCUT2D eigenvalue weighted by atomic mass is 32.1. The summed E-state index contributed by atoms with van der Waals surface area (Å²) in [6.45, 7) is 5.37. The second-order valence-electron chi connectivity index (χ2n) is 5.21. The Morgan fingerprint density at radius 2 is 2.15 bits per heavy atom. The molecular formula is C16H24N2OS. The minimum absolute atomic E-state index is 0.277. The molecule has 1 N–H and O–H groups in total. The number of hydrogen-bond acceptors (Lipinski definition) is 4. The Morgan fingerprint density at radius 3 is 2.85 bits per heavy atom. The molecule has 2 atom stereocenters. The van der Waals surface area contributed by atoms with Crippen molar-refractivity contribution >= 4 is 21.6 Å². The van der Waals surface area contributed by atoms with Gasteiger partial charge in [0, 0.05) is 19.6 Å². The number of fused-ring (bicyclic) bond motifs is 1. The lowest BCUT2D eigenvalue weighted by atomic mass is 10.1. The first-order valence-corrected chi connectivity index (χ1v) is 8.15. The Labute approximate surface area is 125 Å². The van der Waals surface area contributed by atoms with E-state index in [0.29, 0.717) is 6.04 Å². The van der Waals surface area contributed by atoms with Crippen LogP contribution < -0.4 is 5.32 Å². The lowest BCUT2D eigenvalue weighted by Crippen LogP contribution is -2.34. The van der Waals surface area contributed by atoms with Crippen LogP contribution >= 0.6 is 11.3 Å². The quantitative estimate of drug-likeness (QED) is 0.806. The molecule has 2 unspecified atom stereocenters. The molecule has 1 heterocycles. The molecule has 0 amide bonds. The SMILES string of the molecule is CCCNC(Cc1nc2ccccc2s1)CC(C)OC. The number of benzene rings is 1. The molecule has 1 aromatic heterocycles. The van der Waals surface area contributed by atoms with Gasteiger partial charge < -0.3 is 10.1 Å². The average molecular weight is 292 g/mol. The fraction of sp³-hybridized carbons (Fsp3) is 0.562. The molecule has 2 rings (SSSR count). The fourth-order valence-corrected chi connectivity index (χ4v) is 3.35. The van der Waals surface area contributed by atoms with Crippen molar-refractivity contribution in [2.75, 3.05) is 13.7 Å². The minimum atomic E-state index is 0.277. The zero-order valence-electron chi connectivity index (χ0n) is 12.6. The van der Waals surface area contributed by atoms with E-state index in [0.717, 1.165) is 31.3 Å². The molecule has 0 radical (unpaired) electrons. The van der Waals surface area contributed by atoms with Gasteiger partial charge in [0.25, 0.3) is 0 Å². The van der Waals surface area contributed by atoms with E-state index >= 15 is 0 Å². The Hall–Kier alpha value is -0.970. The molecule has 2 aromatic rings. The highest BCUT2D eigenvalue weighted by molar-refractivity contribution is 7.18. The van der Waals surface area contributed by atoms with Crippen molar-refractivity contribution in [2.45, 2.75) is 45.3 Å². The van der Waals surface area contributed by atoms with E-state index in [1.807, 2.05) is 6.07 Å². The average Bonchev–Trinajstić information content (AvgIpc) is 2.86. The molecule has 20 heavy (non-hydrogen) atoms. The summed E-state index contributed by atoms with van der Waals surface area (Å²) in [6, 6.07) is 8.78. The summed E-state index contributed by atoms with van der Waals surface area (Å²) in [7, 11) is 1.78. The number of thiazole rings is 1. The van der Waals surface area contributed by atoms with Gasteiger partial charge in [-0.25, -0.2) is 4.98 Å². The predicted molar refractivity (Wildman–Crippen MR) is 86.5 cm³/mol. The van der Waals surface area contributed by atoms with E-state index in [9.17, 15) is 0 Å². The summed E-state index contributed by atoms with van der Waals surface area (Å²) in [6.07, 6.45) is 3.43. The Bertz CT molecular complexity index is 493. The van der Waals surface area contributed by atoms with Gasteiger partial charge in [-0.3, -0.25) is 0 Å². The number of ether oxygens (including phenoxy) is 1. The maximum absolute atomic E-state index is 5.40. The van der Waals surface area contributed by atoms with Gasteiger partial charge in [0.05, 0.1) is 21.3 Å². The predicted octanol–water partition coefficient (Wildman–Crippen LogP) is 3.63. The van der Waals surface area contributed by atoms with Crippen LogP contribution in [0.25, 0.3) is 10.2 Å². The third-order valence-electron chi connectivity index (χ3n) is 3.46. The summed E-state index contributed by atoms with van der Waals surface area (Å²) in [5.41, 5.74) is 1.11. The van der Waals surface area contributed by atoms with Crippen LogP contribution in [0.3, 0.4) is 0 Å². The van der Waals surface area contributed by atoms with Crippen LogP contribution in [0.1, 0.15) is 31.7 Å². The fourth-order valence-electron chi connectivity index (χ4n) is 2.30. The van der Waals surface area contributed by atoms with Gasteiger partial charge in [-0.05, 0) is 38.4 Å². The van der Waals surface area contributed by atoms with Gasteiger partial charge in [0.1, 0.15) is 0 Å². The number of aromatic nitrogens is 1. The third-order valence-corrected chi connectivity index (χ3v) is 4.52. The van der Waals surface area contributed by atoms with Gasteiger partial charge in [-0.2, -0.15) is 0 Å². The van der Waals surface area contributed by atoms with Gasteiger partial charge in [0.15, 0.2) is 0 Å². The molecule has 0 aliphatic heterocycles. The molecule has 0 spiro atoms. The van der Waals surface area contributed by atoms with Crippen molar-refractivity contribution in [3.63, 3.8) is 0 Å². The van der Waals surface area contributed by atoms with Crippen molar-refractivity contribution in [3.8, 4) is 0 Å². The van der Waals surface area contributed by atoms with Crippen LogP contribution in [0.2, 0.25) is 0 Å². The Balaban J connectivity index is 2.05. The third kappa shape index (κ3) is 4.27. The van der Waals surface area contributed by atoms with Gasteiger partial charge >= 0.3 is 0 Å². The zero-order chi connectivity index (χ0) is 14.4. The number of methoxy groups -OCH3 is 1. The summed E-state index contributed by atoms with van der Waals surface area (Å²) in [4.78, 5) is 4.73. The van der Waals surface area contributed by atoms with Gasteiger partial charge in [-0.1, -0.05) is 19.1 Å². The van der Waals surface area contributed by atoms with E-state index in [2.05, 4.69) is 37.4 Å². The van der Waals surface area contributed by atoms with Gasteiger partial charge in [0.2, 0.25) is 0 Å². The van der Waals surface area contributed by atoms with Crippen LogP contribution in [0.5, 0.6) is 0 Å². The molecule has 0 bridgehead atoms.